The lowest BCUT2D eigenvalue weighted by atomic mass is 10.2. The molecular formula is C14H15ClFN3. The van der Waals surface area contributed by atoms with Gasteiger partial charge in [-0.2, -0.15) is 0 Å². The van der Waals surface area contributed by atoms with Gasteiger partial charge in [0.05, 0.1) is 5.02 Å². The van der Waals surface area contributed by atoms with Crippen molar-refractivity contribution < 1.29 is 4.39 Å². The minimum Gasteiger partial charge on any atom is -0.328 e. The molecule has 0 aliphatic heterocycles. The van der Waals surface area contributed by atoms with E-state index >= 15 is 0 Å². The zero-order valence-corrected chi connectivity index (χ0v) is 11.6. The fourth-order valence-electron chi connectivity index (χ4n) is 1.82. The first kappa shape index (κ1) is 13.8. The van der Waals surface area contributed by atoms with E-state index in [1.54, 1.807) is 24.2 Å². The highest BCUT2D eigenvalue weighted by Gasteiger charge is 2.11. The van der Waals surface area contributed by atoms with Crippen LogP contribution in [-0.4, -0.2) is 19.1 Å². The number of hydrogen-bond acceptors (Lipinski definition) is 3. The summed E-state index contributed by atoms with van der Waals surface area (Å²) in [6.07, 6.45) is 1.76. The topological polar surface area (TPSA) is 28.2 Å². The Hall–Kier alpha value is -1.65. The summed E-state index contributed by atoms with van der Waals surface area (Å²) in [5, 5.41) is 3.58. The van der Waals surface area contributed by atoms with Crippen LogP contribution in [0.2, 0.25) is 5.02 Å². The van der Waals surface area contributed by atoms with Crippen LogP contribution in [0, 0.1) is 5.82 Å². The van der Waals surface area contributed by atoms with Crippen molar-refractivity contribution in [3.05, 3.63) is 52.9 Å². The lowest BCUT2D eigenvalue weighted by molar-refractivity contribution is 0.628. The average molecular weight is 280 g/mol. The van der Waals surface area contributed by atoms with Gasteiger partial charge in [0.1, 0.15) is 5.82 Å². The Bertz CT molecular complexity index is 574. The molecule has 2 aromatic rings. The van der Waals surface area contributed by atoms with Gasteiger partial charge in [0.2, 0.25) is 0 Å². The molecule has 1 aromatic carbocycles. The molecule has 0 amide bonds. The van der Waals surface area contributed by atoms with E-state index in [2.05, 4.69) is 10.3 Å². The maximum Gasteiger partial charge on any atom is 0.151 e. The average Bonchev–Trinajstić information content (AvgIpc) is 2.38. The van der Waals surface area contributed by atoms with Gasteiger partial charge in [-0.1, -0.05) is 17.7 Å². The predicted octanol–water partition coefficient (Wildman–Crippen LogP) is 3.36. The summed E-state index contributed by atoms with van der Waals surface area (Å²) in [7, 11) is 3.67. The van der Waals surface area contributed by atoms with Crippen molar-refractivity contribution in [3.63, 3.8) is 0 Å². The summed E-state index contributed by atoms with van der Waals surface area (Å²) < 4.78 is 13.2. The molecular weight excluding hydrogens is 265 g/mol. The van der Waals surface area contributed by atoms with Crippen LogP contribution >= 0.6 is 11.6 Å². The number of nitrogens with zero attached hydrogens (tertiary/aromatic N) is 2. The Kier molecular flexibility index (Phi) is 4.35. The molecule has 1 heterocycles. The number of rotatable bonds is 4. The van der Waals surface area contributed by atoms with Crippen molar-refractivity contribution in [2.75, 3.05) is 19.0 Å². The maximum atomic E-state index is 13.2. The number of aromatic nitrogens is 1. The fraction of sp³-hybridized carbons (Fsp3) is 0.214. The van der Waals surface area contributed by atoms with Crippen molar-refractivity contribution in [2.24, 2.45) is 0 Å². The predicted molar refractivity (Wildman–Crippen MR) is 76.5 cm³/mol. The van der Waals surface area contributed by atoms with Gasteiger partial charge in [0, 0.05) is 25.5 Å². The van der Waals surface area contributed by atoms with Gasteiger partial charge >= 0.3 is 0 Å². The second kappa shape index (κ2) is 5.99. The zero-order valence-electron chi connectivity index (χ0n) is 10.8. The molecule has 0 atom stereocenters. The van der Waals surface area contributed by atoms with E-state index in [1.807, 2.05) is 19.2 Å². The molecule has 0 spiro atoms. The van der Waals surface area contributed by atoms with Gasteiger partial charge < -0.3 is 10.2 Å². The second-order valence-corrected chi connectivity index (χ2v) is 4.63. The molecule has 1 aromatic heterocycles. The van der Waals surface area contributed by atoms with Crippen LogP contribution in [0.4, 0.5) is 15.9 Å². The molecule has 19 heavy (non-hydrogen) atoms. The van der Waals surface area contributed by atoms with E-state index in [-0.39, 0.29) is 5.82 Å². The summed E-state index contributed by atoms with van der Waals surface area (Å²) in [4.78, 5) is 6.09. The number of nitrogens with one attached hydrogen (secondary N) is 1. The van der Waals surface area contributed by atoms with E-state index in [0.29, 0.717) is 23.1 Å². The van der Waals surface area contributed by atoms with Gasteiger partial charge in [0.15, 0.2) is 5.82 Å². The van der Waals surface area contributed by atoms with Crippen molar-refractivity contribution in [1.29, 1.82) is 0 Å². The third-order valence-electron chi connectivity index (χ3n) is 2.77. The molecule has 2 rings (SSSR count). The molecule has 0 saturated carbocycles. The Labute approximate surface area is 117 Å². The van der Waals surface area contributed by atoms with Gasteiger partial charge in [-0.3, -0.25) is 0 Å². The normalized spacial score (nSPS) is 10.5. The van der Waals surface area contributed by atoms with Crippen LogP contribution in [0.5, 0.6) is 0 Å². The van der Waals surface area contributed by atoms with Crippen molar-refractivity contribution in [1.82, 2.24) is 10.3 Å². The third-order valence-corrected chi connectivity index (χ3v) is 3.05. The van der Waals surface area contributed by atoms with Gasteiger partial charge in [-0.25, -0.2) is 9.37 Å². The Morgan fingerprint density at radius 3 is 2.79 bits per heavy atom. The van der Waals surface area contributed by atoms with Crippen molar-refractivity contribution >= 4 is 23.1 Å². The fourth-order valence-corrected chi connectivity index (χ4v) is 2.14. The van der Waals surface area contributed by atoms with Crippen molar-refractivity contribution in [2.45, 2.75) is 6.54 Å². The number of pyridine rings is 1. The van der Waals surface area contributed by atoms with Gasteiger partial charge in [-0.05, 0) is 36.9 Å². The standard InChI is InChI=1S/C14H15ClFN3/c1-17-8-10-6-13(15)14(18-9-10)19(2)12-5-3-4-11(16)7-12/h3-7,9,17H,8H2,1-2H3. The highest BCUT2D eigenvalue weighted by Crippen LogP contribution is 2.29. The van der Waals surface area contributed by atoms with E-state index in [0.717, 1.165) is 5.56 Å². The van der Waals surface area contributed by atoms with Gasteiger partial charge in [-0.15, -0.1) is 0 Å². The van der Waals surface area contributed by atoms with Crippen LogP contribution in [0.25, 0.3) is 0 Å². The van der Waals surface area contributed by atoms with Crippen LogP contribution < -0.4 is 10.2 Å². The number of benzene rings is 1. The number of halogens is 2. The summed E-state index contributed by atoms with van der Waals surface area (Å²) in [5.41, 5.74) is 1.71. The van der Waals surface area contributed by atoms with E-state index in [1.165, 1.54) is 12.1 Å². The number of hydrogen-bond donors (Lipinski definition) is 1. The van der Waals surface area contributed by atoms with E-state index in [4.69, 9.17) is 11.6 Å². The molecule has 0 bridgehead atoms. The Balaban J connectivity index is 2.31. The first-order chi connectivity index (χ1) is 9.11. The molecule has 0 saturated heterocycles. The van der Waals surface area contributed by atoms with Crippen LogP contribution in [0.15, 0.2) is 36.5 Å². The highest BCUT2D eigenvalue weighted by atomic mass is 35.5. The summed E-state index contributed by atoms with van der Waals surface area (Å²) in [6.45, 7) is 0.705. The second-order valence-electron chi connectivity index (χ2n) is 4.22. The molecule has 0 radical (unpaired) electrons. The monoisotopic (exact) mass is 279 g/mol. The third kappa shape index (κ3) is 3.22. The van der Waals surface area contributed by atoms with Crippen LogP contribution in [0.3, 0.4) is 0 Å². The summed E-state index contributed by atoms with van der Waals surface area (Å²) >= 11 is 6.22. The first-order valence-electron chi connectivity index (χ1n) is 5.90. The molecule has 5 heteroatoms. The smallest absolute Gasteiger partial charge is 0.151 e. The Morgan fingerprint density at radius 1 is 1.37 bits per heavy atom. The van der Waals surface area contributed by atoms with Gasteiger partial charge in [0.25, 0.3) is 0 Å². The van der Waals surface area contributed by atoms with Crippen LogP contribution in [-0.2, 0) is 6.54 Å². The lowest BCUT2D eigenvalue weighted by Gasteiger charge is -2.20. The number of anilines is 2. The molecule has 0 aliphatic carbocycles. The van der Waals surface area contributed by atoms with E-state index in [9.17, 15) is 4.39 Å². The zero-order chi connectivity index (χ0) is 13.8. The first-order valence-corrected chi connectivity index (χ1v) is 6.28. The Morgan fingerprint density at radius 2 is 2.16 bits per heavy atom. The quantitative estimate of drug-likeness (QED) is 0.930. The maximum absolute atomic E-state index is 13.2. The summed E-state index contributed by atoms with van der Waals surface area (Å²) in [6, 6.07) is 8.17. The minimum atomic E-state index is -0.285. The molecule has 0 aliphatic rings. The molecule has 0 fully saturated rings. The van der Waals surface area contributed by atoms with Crippen LogP contribution in [0.1, 0.15) is 5.56 Å². The lowest BCUT2D eigenvalue weighted by Crippen LogP contribution is -2.13. The van der Waals surface area contributed by atoms with Crippen molar-refractivity contribution in [3.8, 4) is 0 Å². The SMILES string of the molecule is CNCc1cnc(N(C)c2cccc(F)c2)c(Cl)c1. The molecule has 1 N–H and O–H groups in total. The molecule has 3 nitrogen and oxygen atoms in total. The van der Waals surface area contributed by atoms with E-state index < -0.39 is 0 Å². The summed E-state index contributed by atoms with van der Waals surface area (Å²) in [5.74, 6) is 0.319. The minimum absolute atomic E-state index is 0.285. The highest BCUT2D eigenvalue weighted by molar-refractivity contribution is 6.33. The largest absolute Gasteiger partial charge is 0.328 e. The molecule has 100 valence electrons. The molecule has 0 unspecified atom stereocenters.